The van der Waals surface area contributed by atoms with Crippen molar-refractivity contribution in [3.05, 3.63) is 0 Å². The zero-order valence-corrected chi connectivity index (χ0v) is 12.6. The van der Waals surface area contributed by atoms with E-state index in [2.05, 4.69) is 4.74 Å². The van der Waals surface area contributed by atoms with Crippen LogP contribution in [0, 0.1) is 0 Å². The Bertz CT molecular complexity index is 531. The van der Waals surface area contributed by atoms with Crippen molar-refractivity contribution in [3.63, 3.8) is 0 Å². The van der Waals surface area contributed by atoms with Gasteiger partial charge in [0.2, 0.25) is 0 Å². The van der Waals surface area contributed by atoms with Crippen LogP contribution in [0.3, 0.4) is 0 Å². The van der Waals surface area contributed by atoms with E-state index in [1.54, 1.807) is 0 Å². The lowest BCUT2D eigenvalue weighted by molar-refractivity contribution is -0.141. The smallest absolute Gasteiger partial charge is 0.325 e. The summed E-state index contributed by atoms with van der Waals surface area (Å²) in [6.45, 7) is -0.963. The van der Waals surface area contributed by atoms with E-state index in [4.69, 9.17) is 5.11 Å². The third-order valence-electron chi connectivity index (χ3n) is 3.12. The minimum absolute atomic E-state index is 0.0816. The van der Waals surface area contributed by atoms with E-state index < -0.39 is 40.4 Å². The summed E-state index contributed by atoms with van der Waals surface area (Å²) in [5.41, 5.74) is 0. The normalized spacial score (nSPS) is 19.8. The Labute approximate surface area is 122 Å². The summed E-state index contributed by atoms with van der Waals surface area (Å²) in [6, 6.07) is -1.41. The average Bonchev–Trinajstić information content (AvgIpc) is 2.74. The zero-order valence-electron chi connectivity index (χ0n) is 11.8. The van der Waals surface area contributed by atoms with Crippen LogP contribution in [0.5, 0.6) is 0 Å². The number of carbonyl (C=O) groups is 3. The Morgan fingerprint density at radius 2 is 1.90 bits per heavy atom. The largest absolute Gasteiger partial charge is 0.480 e. The molecule has 0 radical (unpaired) electrons. The lowest BCUT2D eigenvalue weighted by Gasteiger charge is -2.30. The molecule has 1 aliphatic heterocycles. The standard InChI is InChI=1S/C11H18N2O7S/c1-12(6-10(16)20-2)11(17)13(5-9(14)15)8-3-4-21(18,19)7-8/h8H,3-7H2,1-2H3,(H,14,15). The number of nitrogens with zero attached hydrogens (tertiary/aromatic N) is 2. The lowest BCUT2D eigenvalue weighted by Crippen LogP contribution is -2.50. The molecule has 1 saturated heterocycles. The summed E-state index contributed by atoms with van der Waals surface area (Å²) in [5.74, 6) is -2.25. The molecule has 1 fully saturated rings. The Morgan fingerprint density at radius 3 is 2.33 bits per heavy atom. The SMILES string of the molecule is COC(=O)CN(C)C(=O)N(CC(=O)O)C1CCS(=O)(=O)C1. The number of carbonyl (C=O) groups excluding carboxylic acids is 2. The van der Waals surface area contributed by atoms with Gasteiger partial charge in [-0.25, -0.2) is 13.2 Å². The van der Waals surface area contributed by atoms with E-state index in [1.807, 2.05) is 0 Å². The molecule has 0 aromatic rings. The molecule has 0 aliphatic carbocycles. The van der Waals surface area contributed by atoms with Gasteiger partial charge in [0, 0.05) is 13.1 Å². The molecule has 9 nitrogen and oxygen atoms in total. The maximum atomic E-state index is 12.2. The second kappa shape index (κ2) is 6.74. The second-order valence-electron chi connectivity index (χ2n) is 4.79. The highest BCUT2D eigenvalue weighted by Gasteiger charge is 2.36. The molecule has 0 saturated carbocycles. The van der Waals surface area contributed by atoms with Crippen LogP contribution in [0.1, 0.15) is 6.42 Å². The van der Waals surface area contributed by atoms with Crippen LogP contribution in [0.2, 0.25) is 0 Å². The van der Waals surface area contributed by atoms with E-state index in [0.29, 0.717) is 0 Å². The number of hydrogen-bond donors (Lipinski definition) is 1. The first-order valence-corrected chi connectivity index (χ1v) is 7.99. The van der Waals surface area contributed by atoms with Crippen LogP contribution in [0.15, 0.2) is 0 Å². The van der Waals surface area contributed by atoms with Gasteiger partial charge in [0.15, 0.2) is 9.84 Å². The predicted molar refractivity (Wildman–Crippen MR) is 71.4 cm³/mol. The molecule has 0 spiro atoms. The van der Waals surface area contributed by atoms with E-state index in [0.717, 1.165) is 9.80 Å². The van der Waals surface area contributed by atoms with Gasteiger partial charge in [-0.1, -0.05) is 0 Å². The van der Waals surface area contributed by atoms with Crippen LogP contribution >= 0.6 is 0 Å². The molecule has 1 unspecified atom stereocenters. The molecule has 1 N–H and O–H groups in total. The number of esters is 1. The van der Waals surface area contributed by atoms with Gasteiger partial charge in [-0.15, -0.1) is 0 Å². The molecule has 120 valence electrons. The molecule has 1 rings (SSSR count). The average molecular weight is 322 g/mol. The molecule has 0 bridgehead atoms. The third-order valence-corrected chi connectivity index (χ3v) is 4.87. The van der Waals surface area contributed by atoms with Crippen molar-refractivity contribution < 1.29 is 32.6 Å². The number of hydrogen-bond acceptors (Lipinski definition) is 6. The number of carboxylic acid groups (broad SMARTS) is 1. The molecular weight excluding hydrogens is 304 g/mol. The fraction of sp³-hybridized carbons (Fsp3) is 0.727. The van der Waals surface area contributed by atoms with Gasteiger partial charge in [-0.3, -0.25) is 9.59 Å². The first-order valence-electron chi connectivity index (χ1n) is 6.17. The lowest BCUT2D eigenvalue weighted by atomic mass is 10.2. The highest BCUT2D eigenvalue weighted by atomic mass is 32.2. The molecular formula is C11H18N2O7S. The Morgan fingerprint density at radius 1 is 1.29 bits per heavy atom. The minimum atomic E-state index is -3.26. The van der Waals surface area contributed by atoms with Crippen molar-refractivity contribution in [1.82, 2.24) is 9.80 Å². The number of likely N-dealkylation sites (N-methyl/N-ethyl adjacent to an activating group) is 1. The molecule has 21 heavy (non-hydrogen) atoms. The van der Waals surface area contributed by atoms with Crippen molar-refractivity contribution in [3.8, 4) is 0 Å². The highest BCUT2D eigenvalue weighted by Crippen LogP contribution is 2.18. The van der Waals surface area contributed by atoms with Gasteiger partial charge in [0.1, 0.15) is 13.1 Å². The maximum absolute atomic E-state index is 12.2. The van der Waals surface area contributed by atoms with Crippen molar-refractivity contribution in [2.75, 3.05) is 38.8 Å². The summed E-state index contributed by atoms with van der Waals surface area (Å²) >= 11 is 0. The van der Waals surface area contributed by atoms with Gasteiger partial charge in [0.05, 0.1) is 18.6 Å². The number of amides is 2. The van der Waals surface area contributed by atoms with Crippen LogP contribution in [-0.4, -0.2) is 86.1 Å². The van der Waals surface area contributed by atoms with E-state index in [-0.39, 0.29) is 24.5 Å². The van der Waals surface area contributed by atoms with Crippen LogP contribution in [-0.2, 0) is 24.2 Å². The topological polar surface area (TPSA) is 121 Å². The maximum Gasteiger partial charge on any atom is 0.325 e. The first-order chi connectivity index (χ1) is 9.66. The van der Waals surface area contributed by atoms with Crippen molar-refractivity contribution >= 4 is 27.8 Å². The summed E-state index contributed by atoms with van der Waals surface area (Å²) < 4.78 is 27.4. The number of rotatable bonds is 5. The summed E-state index contributed by atoms with van der Waals surface area (Å²) in [4.78, 5) is 36.2. The molecule has 1 atom stereocenters. The number of aliphatic carboxylic acids is 1. The van der Waals surface area contributed by atoms with Crippen molar-refractivity contribution in [2.45, 2.75) is 12.5 Å². The minimum Gasteiger partial charge on any atom is -0.480 e. The fourth-order valence-corrected chi connectivity index (χ4v) is 3.80. The monoisotopic (exact) mass is 322 g/mol. The highest BCUT2D eigenvalue weighted by molar-refractivity contribution is 7.91. The third kappa shape index (κ3) is 4.88. The second-order valence-corrected chi connectivity index (χ2v) is 7.02. The van der Waals surface area contributed by atoms with Gasteiger partial charge >= 0.3 is 18.0 Å². The Hall–Kier alpha value is -1.84. The van der Waals surface area contributed by atoms with Gasteiger partial charge < -0.3 is 19.6 Å². The van der Waals surface area contributed by atoms with Crippen molar-refractivity contribution in [1.29, 1.82) is 0 Å². The number of sulfone groups is 1. The van der Waals surface area contributed by atoms with E-state index >= 15 is 0 Å². The molecule has 10 heteroatoms. The van der Waals surface area contributed by atoms with E-state index in [9.17, 15) is 22.8 Å². The molecule has 0 aromatic carbocycles. The molecule has 1 aliphatic rings. The predicted octanol–water partition coefficient (Wildman–Crippen LogP) is -1.22. The number of carboxylic acids is 1. The van der Waals surface area contributed by atoms with Crippen LogP contribution in [0.25, 0.3) is 0 Å². The number of urea groups is 1. The molecule has 1 heterocycles. The van der Waals surface area contributed by atoms with E-state index in [1.165, 1.54) is 14.2 Å². The quantitative estimate of drug-likeness (QED) is 0.630. The number of ether oxygens (including phenoxy) is 1. The summed E-state index contributed by atoms with van der Waals surface area (Å²) in [7, 11) is -0.777. The van der Waals surface area contributed by atoms with Gasteiger partial charge in [0.25, 0.3) is 0 Å². The molecule has 2 amide bonds. The molecule has 0 aromatic heterocycles. The Kier molecular flexibility index (Phi) is 5.53. The summed E-state index contributed by atoms with van der Waals surface area (Å²) in [5, 5.41) is 8.88. The number of methoxy groups -OCH3 is 1. The van der Waals surface area contributed by atoms with Crippen LogP contribution in [0.4, 0.5) is 4.79 Å². The Balaban J connectivity index is 2.84. The van der Waals surface area contributed by atoms with Gasteiger partial charge in [-0.05, 0) is 6.42 Å². The van der Waals surface area contributed by atoms with Crippen LogP contribution < -0.4 is 0 Å². The van der Waals surface area contributed by atoms with Gasteiger partial charge in [-0.2, -0.15) is 0 Å². The zero-order chi connectivity index (χ0) is 16.2. The summed E-state index contributed by atoms with van der Waals surface area (Å²) in [6.07, 6.45) is 0.188. The fourth-order valence-electron chi connectivity index (χ4n) is 2.06. The van der Waals surface area contributed by atoms with Crippen molar-refractivity contribution in [2.24, 2.45) is 0 Å². The first kappa shape index (κ1) is 17.2.